The fourth-order valence-electron chi connectivity index (χ4n) is 1.90. The van der Waals surface area contributed by atoms with Crippen molar-refractivity contribution in [1.82, 2.24) is 4.98 Å². The molecule has 0 atom stereocenters. The van der Waals surface area contributed by atoms with Gasteiger partial charge in [-0.05, 0) is 52.2 Å². The van der Waals surface area contributed by atoms with Gasteiger partial charge in [0.25, 0.3) is 5.78 Å². The Morgan fingerprint density at radius 2 is 2.00 bits per heavy atom. The van der Waals surface area contributed by atoms with E-state index in [0.717, 1.165) is 18.4 Å². The smallest absolute Gasteiger partial charge is 0.379 e. The number of ketones is 1. The molecule has 1 N–H and O–H groups in total. The standard InChI is InChI=1S/C17H22N2O4/c1-5-22-16(21)14(20)12-10-18-9-8-13(12)19-15(11-6-7-11)23-17(2,3)4/h8-10H,5-7H2,1-4H3,(H,18,19). The Morgan fingerprint density at radius 3 is 2.57 bits per heavy atom. The third-order valence-electron chi connectivity index (χ3n) is 3.00. The first kappa shape index (κ1) is 17.0. The van der Waals surface area contributed by atoms with Gasteiger partial charge in [-0.1, -0.05) is 0 Å². The number of pyridine rings is 1. The van der Waals surface area contributed by atoms with Crippen molar-refractivity contribution in [2.24, 2.45) is 0 Å². The van der Waals surface area contributed by atoms with Crippen LogP contribution in [0.1, 0.15) is 50.9 Å². The predicted molar refractivity (Wildman–Crippen MR) is 85.9 cm³/mol. The van der Waals surface area contributed by atoms with Gasteiger partial charge in [0.2, 0.25) is 0 Å². The summed E-state index contributed by atoms with van der Waals surface area (Å²) in [7, 11) is 0. The summed E-state index contributed by atoms with van der Waals surface area (Å²) < 4.78 is 10.7. The highest BCUT2D eigenvalue weighted by atomic mass is 16.5. The molecule has 1 aliphatic carbocycles. The van der Waals surface area contributed by atoms with E-state index >= 15 is 0 Å². The van der Waals surface area contributed by atoms with Crippen molar-refractivity contribution in [2.75, 3.05) is 11.9 Å². The van der Waals surface area contributed by atoms with Gasteiger partial charge in [0.1, 0.15) is 5.60 Å². The molecule has 23 heavy (non-hydrogen) atoms. The Kier molecular flexibility index (Phi) is 5.03. The van der Waals surface area contributed by atoms with Gasteiger partial charge in [0.15, 0.2) is 5.88 Å². The number of hydrogen-bond acceptors (Lipinski definition) is 6. The first-order chi connectivity index (χ1) is 10.8. The summed E-state index contributed by atoms with van der Waals surface area (Å²) >= 11 is 0. The van der Waals surface area contributed by atoms with Crippen LogP contribution in [0.15, 0.2) is 29.9 Å². The first-order valence-electron chi connectivity index (χ1n) is 7.65. The number of nitrogens with one attached hydrogen (secondary N) is 1. The summed E-state index contributed by atoms with van der Waals surface area (Å²) in [5.41, 5.74) is 1.45. The number of aromatic nitrogens is 1. The van der Waals surface area contributed by atoms with E-state index in [4.69, 9.17) is 9.47 Å². The summed E-state index contributed by atoms with van der Waals surface area (Å²) in [4.78, 5) is 27.8. The lowest BCUT2D eigenvalue weighted by atomic mass is 10.1. The van der Waals surface area contributed by atoms with Crippen LogP contribution < -0.4 is 5.32 Å². The second-order valence-corrected chi connectivity index (χ2v) is 6.24. The molecule has 1 aromatic rings. The van der Waals surface area contributed by atoms with Crippen molar-refractivity contribution in [3.63, 3.8) is 0 Å². The normalized spacial score (nSPS) is 13.3. The van der Waals surface area contributed by atoms with E-state index in [-0.39, 0.29) is 17.8 Å². The fourth-order valence-corrected chi connectivity index (χ4v) is 1.90. The molecule has 0 aliphatic heterocycles. The highest BCUT2D eigenvalue weighted by Gasteiger charge is 2.26. The van der Waals surface area contributed by atoms with Gasteiger partial charge >= 0.3 is 5.97 Å². The molecule has 2 rings (SSSR count). The van der Waals surface area contributed by atoms with E-state index in [0.29, 0.717) is 11.6 Å². The third-order valence-corrected chi connectivity index (χ3v) is 3.00. The molecule has 1 heterocycles. The highest BCUT2D eigenvalue weighted by molar-refractivity contribution is 6.41. The van der Waals surface area contributed by atoms with Crippen LogP contribution >= 0.6 is 0 Å². The average molecular weight is 318 g/mol. The van der Waals surface area contributed by atoms with Gasteiger partial charge in [0, 0.05) is 12.4 Å². The molecule has 0 amide bonds. The maximum Gasteiger partial charge on any atom is 0.379 e. The molecular formula is C17H22N2O4. The molecule has 0 unspecified atom stereocenters. The summed E-state index contributed by atoms with van der Waals surface area (Å²) in [5.74, 6) is -0.971. The van der Waals surface area contributed by atoms with E-state index in [1.54, 1.807) is 19.2 Å². The maximum atomic E-state index is 12.2. The predicted octanol–water partition coefficient (Wildman–Crippen LogP) is 3.06. The number of Topliss-reactive ketones (excluding diaryl/α,β-unsaturated/α-hetero) is 1. The van der Waals surface area contributed by atoms with Gasteiger partial charge in [-0.2, -0.15) is 0 Å². The van der Waals surface area contributed by atoms with Crippen molar-refractivity contribution < 1.29 is 19.1 Å². The van der Waals surface area contributed by atoms with Crippen molar-refractivity contribution in [3.05, 3.63) is 35.5 Å². The van der Waals surface area contributed by atoms with E-state index in [1.807, 2.05) is 20.8 Å². The van der Waals surface area contributed by atoms with Crippen LogP contribution in [0.4, 0.5) is 5.69 Å². The number of carbonyl (C=O) groups excluding carboxylic acids is 2. The van der Waals surface area contributed by atoms with E-state index in [1.165, 1.54) is 6.20 Å². The molecular weight excluding hydrogens is 296 g/mol. The molecule has 0 aromatic carbocycles. The molecule has 124 valence electrons. The van der Waals surface area contributed by atoms with Crippen molar-refractivity contribution in [3.8, 4) is 0 Å². The number of hydrogen-bond donors (Lipinski definition) is 1. The minimum Gasteiger partial charge on any atom is -0.473 e. The summed E-state index contributed by atoms with van der Waals surface area (Å²) in [5, 5.41) is 3.13. The molecule has 0 radical (unpaired) electrons. The Labute approximate surface area is 135 Å². The number of carbonyl (C=O) groups is 2. The molecule has 0 spiro atoms. The minimum absolute atomic E-state index is 0.149. The summed E-state index contributed by atoms with van der Waals surface area (Å²) in [6.45, 7) is 7.66. The number of anilines is 1. The molecule has 6 nitrogen and oxygen atoms in total. The van der Waals surface area contributed by atoms with Crippen LogP contribution in [0.3, 0.4) is 0 Å². The molecule has 0 bridgehead atoms. The SMILES string of the molecule is CCOC(=O)C(=O)c1cnccc1NC(OC(C)(C)C)=C1CC1. The molecule has 1 saturated carbocycles. The Morgan fingerprint density at radius 1 is 1.30 bits per heavy atom. The number of esters is 1. The second kappa shape index (κ2) is 6.81. The van der Waals surface area contributed by atoms with Crippen LogP contribution in [0.5, 0.6) is 0 Å². The second-order valence-electron chi connectivity index (χ2n) is 6.24. The number of allylic oxidation sites excluding steroid dienone is 1. The van der Waals surface area contributed by atoms with Crippen molar-refractivity contribution >= 4 is 17.4 Å². The summed E-state index contributed by atoms with van der Waals surface area (Å²) in [6, 6.07) is 1.64. The monoisotopic (exact) mass is 318 g/mol. The van der Waals surface area contributed by atoms with Gasteiger partial charge in [-0.25, -0.2) is 4.79 Å². The lowest BCUT2D eigenvalue weighted by molar-refractivity contribution is -0.137. The molecule has 1 aliphatic rings. The van der Waals surface area contributed by atoms with Crippen LogP contribution in [-0.2, 0) is 14.3 Å². The van der Waals surface area contributed by atoms with E-state index in [2.05, 4.69) is 10.3 Å². The third kappa shape index (κ3) is 4.81. The number of nitrogens with zero attached hydrogens (tertiary/aromatic N) is 1. The van der Waals surface area contributed by atoms with Crippen LogP contribution in [-0.4, -0.2) is 28.9 Å². The van der Waals surface area contributed by atoms with Crippen molar-refractivity contribution in [1.29, 1.82) is 0 Å². The largest absolute Gasteiger partial charge is 0.473 e. The van der Waals surface area contributed by atoms with Crippen molar-refractivity contribution in [2.45, 2.75) is 46.1 Å². The zero-order valence-electron chi connectivity index (χ0n) is 13.9. The van der Waals surface area contributed by atoms with Gasteiger partial charge in [-0.3, -0.25) is 9.78 Å². The number of rotatable bonds is 6. The van der Waals surface area contributed by atoms with E-state index in [9.17, 15) is 9.59 Å². The average Bonchev–Trinajstić information content (AvgIpc) is 3.30. The topological polar surface area (TPSA) is 77.5 Å². The zero-order chi connectivity index (χ0) is 17.0. The van der Waals surface area contributed by atoms with Crippen LogP contribution in [0.25, 0.3) is 0 Å². The molecule has 6 heteroatoms. The first-order valence-corrected chi connectivity index (χ1v) is 7.65. The Hall–Kier alpha value is -2.37. The van der Waals surface area contributed by atoms with Gasteiger partial charge in [-0.15, -0.1) is 0 Å². The van der Waals surface area contributed by atoms with Crippen LogP contribution in [0.2, 0.25) is 0 Å². The Bertz CT molecular complexity index is 638. The van der Waals surface area contributed by atoms with Gasteiger partial charge < -0.3 is 14.8 Å². The fraction of sp³-hybridized carbons (Fsp3) is 0.471. The van der Waals surface area contributed by atoms with E-state index < -0.39 is 11.8 Å². The molecule has 1 fully saturated rings. The number of ether oxygens (including phenoxy) is 2. The quantitative estimate of drug-likeness (QED) is 0.376. The lowest BCUT2D eigenvalue weighted by Crippen LogP contribution is -2.23. The lowest BCUT2D eigenvalue weighted by Gasteiger charge is -2.24. The highest BCUT2D eigenvalue weighted by Crippen LogP contribution is 2.35. The van der Waals surface area contributed by atoms with Gasteiger partial charge in [0.05, 0.1) is 17.9 Å². The van der Waals surface area contributed by atoms with Crippen LogP contribution in [0, 0.1) is 0 Å². The molecule has 1 aromatic heterocycles. The summed E-state index contributed by atoms with van der Waals surface area (Å²) in [6.07, 6.45) is 4.83. The zero-order valence-corrected chi connectivity index (χ0v) is 13.9. The minimum atomic E-state index is -0.888. The maximum absolute atomic E-state index is 12.2. The Balaban J connectivity index is 2.25. The molecule has 0 saturated heterocycles.